The largest absolute Gasteiger partial charge is 0.310 e. The molecule has 2 rings (SSSR count). The Hall–Kier alpha value is -1.000. The summed E-state index contributed by atoms with van der Waals surface area (Å²) in [7, 11) is -3.29. The summed E-state index contributed by atoms with van der Waals surface area (Å²) in [5.41, 5.74) is 1.47. The fourth-order valence-electron chi connectivity index (χ4n) is 1.58. The lowest BCUT2D eigenvalue weighted by molar-refractivity contribution is 0.560. The average molecular weight is 315 g/mol. The number of rotatable bonds is 2. The molecule has 100 valence electrons. The molecule has 0 radical (unpaired) electrons. The van der Waals surface area contributed by atoms with Gasteiger partial charge in [-0.1, -0.05) is 53.0 Å². The summed E-state index contributed by atoms with van der Waals surface area (Å²) < 4.78 is 22.4. The highest BCUT2D eigenvalue weighted by Gasteiger charge is 2.09. The first-order chi connectivity index (χ1) is 8.90. The first-order valence-electron chi connectivity index (χ1n) is 5.52. The monoisotopic (exact) mass is 314 g/mol. The Labute approximate surface area is 122 Å². The number of aryl methyl sites for hydroxylation is 1. The van der Waals surface area contributed by atoms with Crippen LogP contribution in [0.25, 0.3) is 0 Å². The molecule has 1 unspecified atom stereocenters. The number of halogens is 2. The smallest absolute Gasteiger partial charge is 0.111 e. The number of hydrogen-bond acceptors (Lipinski definition) is 1. The Kier molecular flexibility index (Phi) is 4.21. The van der Waals surface area contributed by atoms with Crippen LogP contribution in [0.15, 0.2) is 47.4 Å². The molecule has 0 spiro atoms. The van der Waals surface area contributed by atoms with Crippen molar-refractivity contribution in [1.29, 1.82) is 0 Å². The van der Waals surface area contributed by atoms with E-state index in [-0.39, 0.29) is 5.02 Å². The summed E-state index contributed by atoms with van der Waals surface area (Å²) in [6.45, 7) is 1.92. The zero-order valence-corrected chi connectivity index (χ0v) is 12.5. The summed E-state index contributed by atoms with van der Waals surface area (Å²) in [5, 5.41) is 1.87. The van der Waals surface area contributed by atoms with E-state index >= 15 is 0 Å². The van der Waals surface area contributed by atoms with Crippen molar-refractivity contribution in [3.05, 3.63) is 63.6 Å². The van der Waals surface area contributed by atoms with Crippen molar-refractivity contribution in [3.63, 3.8) is 0 Å². The second kappa shape index (κ2) is 5.55. The van der Waals surface area contributed by atoms with E-state index in [1.54, 1.807) is 42.5 Å². The van der Waals surface area contributed by atoms with E-state index in [1.807, 2.05) is 6.92 Å². The molecule has 0 amide bonds. The SMILES string of the molecule is Cc1ccc(S(=O)(O)=Cc2cccc(Cl)c2Cl)cc1. The average Bonchev–Trinajstić information content (AvgIpc) is 2.35. The van der Waals surface area contributed by atoms with Gasteiger partial charge in [0.2, 0.25) is 0 Å². The highest BCUT2D eigenvalue weighted by atomic mass is 35.5. The molecular weight excluding hydrogens is 303 g/mol. The number of hydrogen-bond donors (Lipinski definition) is 1. The molecule has 0 fully saturated rings. The van der Waals surface area contributed by atoms with Crippen LogP contribution in [0.2, 0.25) is 10.0 Å². The fourth-order valence-corrected chi connectivity index (χ4v) is 3.21. The van der Waals surface area contributed by atoms with Gasteiger partial charge in [0.1, 0.15) is 9.80 Å². The molecule has 0 heterocycles. The van der Waals surface area contributed by atoms with Crippen molar-refractivity contribution in [2.75, 3.05) is 0 Å². The van der Waals surface area contributed by atoms with Crippen molar-refractivity contribution in [1.82, 2.24) is 0 Å². The first kappa shape index (κ1) is 14.4. The van der Waals surface area contributed by atoms with Gasteiger partial charge < -0.3 is 4.55 Å². The molecule has 1 atom stereocenters. The van der Waals surface area contributed by atoms with Gasteiger partial charge in [-0.15, -0.1) is 0 Å². The predicted molar refractivity (Wildman–Crippen MR) is 81.8 cm³/mol. The fraction of sp³-hybridized carbons (Fsp3) is 0.0714. The van der Waals surface area contributed by atoms with Crippen molar-refractivity contribution in [2.45, 2.75) is 11.8 Å². The molecule has 5 heteroatoms. The van der Waals surface area contributed by atoms with Gasteiger partial charge in [-0.3, -0.25) is 0 Å². The molecule has 0 bridgehead atoms. The lowest BCUT2D eigenvalue weighted by Gasteiger charge is -2.06. The molecular formula is C14H12Cl2O2S. The van der Waals surface area contributed by atoms with Crippen LogP contribution in [-0.4, -0.2) is 14.1 Å². The standard InChI is InChI=1S/C14H12Cl2O2S/c1-10-5-7-12(8-6-10)19(17,18)9-11-3-2-4-13(15)14(11)16/h2-9H,1H3,(H,17,18). The Morgan fingerprint density at radius 3 is 2.37 bits per heavy atom. The zero-order valence-electron chi connectivity index (χ0n) is 10.1. The van der Waals surface area contributed by atoms with Gasteiger partial charge in [-0.05, 0) is 25.1 Å². The van der Waals surface area contributed by atoms with Gasteiger partial charge in [0.05, 0.1) is 14.9 Å². The van der Waals surface area contributed by atoms with Gasteiger partial charge in [0.15, 0.2) is 0 Å². The van der Waals surface area contributed by atoms with E-state index in [1.165, 1.54) is 5.37 Å². The van der Waals surface area contributed by atoms with Crippen LogP contribution in [0.1, 0.15) is 11.1 Å². The van der Waals surface area contributed by atoms with E-state index in [9.17, 15) is 8.76 Å². The molecule has 0 saturated carbocycles. The summed E-state index contributed by atoms with van der Waals surface area (Å²) in [4.78, 5) is 0.342. The Bertz CT molecular complexity index is 715. The van der Waals surface area contributed by atoms with Crippen molar-refractivity contribution >= 4 is 38.4 Å². The minimum absolute atomic E-state index is 0.276. The molecule has 2 nitrogen and oxygen atoms in total. The topological polar surface area (TPSA) is 37.3 Å². The lowest BCUT2D eigenvalue weighted by Crippen LogP contribution is -2.04. The van der Waals surface area contributed by atoms with E-state index < -0.39 is 9.80 Å². The molecule has 1 N–H and O–H groups in total. The molecule has 0 aliphatic heterocycles. The van der Waals surface area contributed by atoms with Gasteiger partial charge in [-0.25, -0.2) is 4.21 Å². The van der Waals surface area contributed by atoms with Crippen molar-refractivity contribution in [3.8, 4) is 0 Å². The summed E-state index contributed by atoms with van der Waals surface area (Å²) in [5.74, 6) is 0. The van der Waals surface area contributed by atoms with Crippen LogP contribution in [0.4, 0.5) is 0 Å². The van der Waals surface area contributed by atoms with Gasteiger partial charge in [-0.2, -0.15) is 0 Å². The molecule has 0 aliphatic carbocycles. The van der Waals surface area contributed by atoms with E-state index in [0.717, 1.165) is 5.56 Å². The predicted octanol–water partition coefficient (Wildman–Crippen LogP) is 4.27. The van der Waals surface area contributed by atoms with E-state index in [4.69, 9.17) is 23.2 Å². The number of benzene rings is 2. The highest BCUT2D eigenvalue weighted by Crippen LogP contribution is 2.25. The van der Waals surface area contributed by atoms with Gasteiger partial charge >= 0.3 is 0 Å². The van der Waals surface area contributed by atoms with Crippen molar-refractivity contribution in [2.24, 2.45) is 0 Å². The highest BCUT2D eigenvalue weighted by molar-refractivity contribution is 7.96. The lowest BCUT2D eigenvalue weighted by atomic mass is 10.2. The maximum absolute atomic E-state index is 12.3. The Morgan fingerprint density at radius 2 is 1.74 bits per heavy atom. The molecule has 0 aromatic heterocycles. The first-order valence-corrected chi connectivity index (χ1v) is 7.86. The third kappa shape index (κ3) is 3.31. The maximum Gasteiger partial charge on any atom is 0.111 e. The minimum Gasteiger partial charge on any atom is -0.310 e. The summed E-state index contributed by atoms with van der Waals surface area (Å²) in [6.07, 6.45) is 0. The quantitative estimate of drug-likeness (QED) is 0.840. The third-order valence-electron chi connectivity index (χ3n) is 2.63. The molecule has 0 saturated heterocycles. The van der Waals surface area contributed by atoms with Gasteiger partial charge in [0, 0.05) is 10.9 Å². The summed E-state index contributed by atoms with van der Waals surface area (Å²) >= 11 is 11.9. The minimum atomic E-state index is -3.29. The Morgan fingerprint density at radius 1 is 1.11 bits per heavy atom. The summed E-state index contributed by atoms with van der Waals surface area (Å²) in [6, 6.07) is 11.8. The molecule has 0 aliphatic rings. The van der Waals surface area contributed by atoms with Crippen LogP contribution in [0.5, 0.6) is 0 Å². The second-order valence-electron chi connectivity index (χ2n) is 4.14. The van der Waals surface area contributed by atoms with Crippen LogP contribution in [0, 0.1) is 6.92 Å². The third-order valence-corrected chi connectivity index (χ3v) is 4.98. The molecule has 19 heavy (non-hydrogen) atoms. The Balaban J connectivity index is 2.55. The second-order valence-corrected chi connectivity index (χ2v) is 6.77. The normalized spacial score (nSPS) is 13.9. The van der Waals surface area contributed by atoms with Crippen LogP contribution in [-0.2, 0) is 9.80 Å². The van der Waals surface area contributed by atoms with Crippen molar-refractivity contribution < 1.29 is 8.76 Å². The van der Waals surface area contributed by atoms with Crippen LogP contribution < -0.4 is 0 Å². The van der Waals surface area contributed by atoms with Crippen LogP contribution in [0.3, 0.4) is 0 Å². The maximum atomic E-state index is 12.3. The van der Waals surface area contributed by atoms with Gasteiger partial charge in [0.25, 0.3) is 0 Å². The molecule has 2 aromatic rings. The van der Waals surface area contributed by atoms with E-state index in [2.05, 4.69) is 0 Å². The zero-order chi connectivity index (χ0) is 14.0. The molecule has 2 aromatic carbocycles. The van der Waals surface area contributed by atoms with Crippen LogP contribution >= 0.6 is 23.2 Å². The van der Waals surface area contributed by atoms with E-state index in [0.29, 0.717) is 15.5 Å².